The van der Waals surface area contributed by atoms with Gasteiger partial charge in [0.1, 0.15) is 11.6 Å². The molecule has 1 aliphatic heterocycles. The monoisotopic (exact) mass is 297 g/mol. The summed E-state index contributed by atoms with van der Waals surface area (Å²) in [6.07, 6.45) is 0.476. The minimum absolute atomic E-state index is 0.297. The first kappa shape index (κ1) is 15.7. The van der Waals surface area contributed by atoms with Gasteiger partial charge in [-0.2, -0.15) is 0 Å². The zero-order valence-corrected chi connectivity index (χ0v) is 11.7. The van der Waals surface area contributed by atoms with Gasteiger partial charge in [0.2, 0.25) is 0 Å². The summed E-state index contributed by atoms with van der Waals surface area (Å²) in [5.74, 6) is -1.34. The van der Waals surface area contributed by atoms with Gasteiger partial charge in [-0.05, 0) is 37.1 Å². The zero-order chi connectivity index (χ0) is 15.2. The van der Waals surface area contributed by atoms with Crippen molar-refractivity contribution in [2.75, 3.05) is 26.2 Å². The normalized spacial score (nSPS) is 23.0. The highest BCUT2D eigenvalue weighted by atomic mass is 19.1. The fraction of sp³-hybridized carbons (Fsp3) is 0.533. The lowest BCUT2D eigenvalue weighted by Gasteiger charge is -2.33. The third-order valence-electron chi connectivity index (χ3n) is 3.68. The number of carbonyl (C=O) groups is 1. The first-order valence-corrected chi connectivity index (χ1v) is 7.08. The van der Waals surface area contributed by atoms with Crippen LogP contribution in [0.2, 0.25) is 0 Å². The van der Waals surface area contributed by atoms with Crippen molar-refractivity contribution in [2.45, 2.75) is 18.9 Å². The van der Waals surface area contributed by atoms with Gasteiger partial charge in [0.05, 0.1) is 18.6 Å². The molecule has 1 saturated heterocycles. The van der Waals surface area contributed by atoms with Gasteiger partial charge in [-0.3, -0.25) is 4.79 Å². The summed E-state index contributed by atoms with van der Waals surface area (Å²) in [4.78, 5) is 13.0. The van der Waals surface area contributed by atoms with Crippen molar-refractivity contribution in [3.8, 4) is 5.75 Å². The number of nitrogens with zero attached hydrogens (tertiary/aromatic N) is 1. The quantitative estimate of drug-likeness (QED) is 0.776. The maximum atomic E-state index is 12.7. The fourth-order valence-corrected chi connectivity index (χ4v) is 2.46. The minimum atomic E-state index is -0.949. The van der Waals surface area contributed by atoms with Gasteiger partial charge in [-0.25, -0.2) is 4.39 Å². The van der Waals surface area contributed by atoms with Gasteiger partial charge in [0, 0.05) is 19.6 Å². The average Bonchev–Trinajstić information content (AvgIpc) is 2.46. The van der Waals surface area contributed by atoms with E-state index in [4.69, 9.17) is 9.84 Å². The van der Waals surface area contributed by atoms with Crippen LogP contribution in [0.15, 0.2) is 24.3 Å². The van der Waals surface area contributed by atoms with Crippen molar-refractivity contribution >= 4 is 5.97 Å². The fourth-order valence-electron chi connectivity index (χ4n) is 2.46. The number of carboxylic acids is 1. The Morgan fingerprint density at radius 1 is 1.38 bits per heavy atom. The number of halogens is 1. The van der Waals surface area contributed by atoms with Crippen LogP contribution in [0.3, 0.4) is 0 Å². The van der Waals surface area contributed by atoms with E-state index < -0.39 is 18.0 Å². The summed E-state index contributed by atoms with van der Waals surface area (Å²) in [5.41, 5.74) is 0. The van der Waals surface area contributed by atoms with Gasteiger partial charge in [-0.15, -0.1) is 0 Å². The minimum Gasteiger partial charge on any atom is -0.494 e. The molecule has 2 rings (SSSR count). The molecule has 0 radical (unpaired) electrons. The number of ether oxygens (including phenoxy) is 1. The Bertz CT molecular complexity index is 465. The van der Waals surface area contributed by atoms with E-state index in [9.17, 15) is 14.3 Å². The topological polar surface area (TPSA) is 70.0 Å². The second kappa shape index (κ2) is 7.38. The second-order valence-electron chi connectivity index (χ2n) is 5.26. The van der Waals surface area contributed by atoms with Crippen LogP contribution in [0.1, 0.15) is 12.8 Å². The number of aliphatic hydroxyl groups excluding tert-OH is 1. The van der Waals surface area contributed by atoms with Crippen LogP contribution >= 0.6 is 0 Å². The second-order valence-corrected chi connectivity index (χ2v) is 5.26. The lowest BCUT2D eigenvalue weighted by molar-refractivity contribution is -0.148. The average molecular weight is 297 g/mol. The molecule has 1 fully saturated rings. The third-order valence-corrected chi connectivity index (χ3v) is 3.68. The SMILES string of the molecule is O=C(O)[C@@H]1CN(CCCOc2ccc(F)cc2)CC[C@H]1O. The highest BCUT2D eigenvalue weighted by Gasteiger charge is 2.32. The number of carboxylic acid groups (broad SMARTS) is 1. The molecule has 0 aromatic heterocycles. The predicted octanol–water partition coefficient (Wildman–Crippen LogP) is 1.36. The molecule has 2 N–H and O–H groups in total. The van der Waals surface area contributed by atoms with Crippen molar-refractivity contribution in [2.24, 2.45) is 5.92 Å². The predicted molar refractivity (Wildman–Crippen MR) is 74.7 cm³/mol. The Hall–Kier alpha value is -1.66. The first-order chi connectivity index (χ1) is 10.1. The van der Waals surface area contributed by atoms with Gasteiger partial charge in [0.15, 0.2) is 0 Å². The molecule has 6 heteroatoms. The molecule has 5 nitrogen and oxygen atoms in total. The van der Waals surface area contributed by atoms with E-state index in [2.05, 4.69) is 0 Å². The number of aliphatic carboxylic acids is 1. The molecule has 1 aromatic carbocycles. The van der Waals surface area contributed by atoms with Gasteiger partial charge < -0.3 is 19.8 Å². The summed E-state index contributed by atoms with van der Waals surface area (Å²) in [7, 11) is 0. The molecule has 2 atom stereocenters. The molecular weight excluding hydrogens is 277 g/mol. The van der Waals surface area contributed by atoms with E-state index in [1.165, 1.54) is 12.1 Å². The molecule has 116 valence electrons. The van der Waals surface area contributed by atoms with Crippen molar-refractivity contribution < 1.29 is 24.1 Å². The summed E-state index contributed by atoms with van der Waals surface area (Å²) >= 11 is 0. The maximum absolute atomic E-state index is 12.7. The highest BCUT2D eigenvalue weighted by molar-refractivity contribution is 5.71. The number of benzene rings is 1. The molecule has 0 spiro atoms. The highest BCUT2D eigenvalue weighted by Crippen LogP contribution is 2.18. The van der Waals surface area contributed by atoms with Crippen LogP contribution in [0.4, 0.5) is 4.39 Å². The molecule has 0 unspecified atom stereocenters. The summed E-state index contributed by atoms with van der Waals surface area (Å²) in [6, 6.07) is 5.84. The van der Waals surface area contributed by atoms with Crippen LogP contribution in [-0.2, 0) is 4.79 Å². The molecule has 0 aliphatic carbocycles. The summed E-state index contributed by atoms with van der Waals surface area (Å²) in [5, 5.41) is 18.7. The lowest BCUT2D eigenvalue weighted by Crippen LogP contribution is -2.46. The molecular formula is C15H20FNO4. The molecule has 1 aliphatic rings. The first-order valence-electron chi connectivity index (χ1n) is 7.08. The van der Waals surface area contributed by atoms with Crippen molar-refractivity contribution in [1.29, 1.82) is 0 Å². The van der Waals surface area contributed by atoms with E-state index in [0.717, 1.165) is 13.0 Å². The van der Waals surface area contributed by atoms with Crippen LogP contribution < -0.4 is 4.74 Å². The van der Waals surface area contributed by atoms with E-state index >= 15 is 0 Å². The molecule has 1 aromatic rings. The van der Waals surface area contributed by atoms with Crippen LogP contribution in [0, 0.1) is 11.7 Å². The van der Waals surface area contributed by atoms with Crippen LogP contribution in [0.5, 0.6) is 5.75 Å². The van der Waals surface area contributed by atoms with E-state index in [-0.39, 0.29) is 5.82 Å². The Labute approximate surface area is 122 Å². The Morgan fingerprint density at radius 3 is 2.76 bits per heavy atom. The lowest BCUT2D eigenvalue weighted by atomic mass is 9.95. The van der Waals surface area contributed by atoms with E-state index in [1.54, 1.807) is 12.1 Å². The van der Waals surface area contributed by atoms with E-state index in [0.29, 0.717) is 31.9 Å². The Morgan fingerprint density at radius 2 is 2.10 bits per heavy atom. The molecule has 0 amide bonds. The number of aliphatic hydroxyl groups is 1. The Kier molecular flexibility index (Phi) is 5.52. The van der Waals surface area contributed by atoms with Crippen LogP contribution in [-0.4, -0.2) is 53.4 Å². The largest absolute Gasteiger partial charge is 0.494 e. The summed E-state index contributed by atoms with van der Waals surface area (Å²) < 4.78 is 18.2. The number of piperidine rings is 1. The molecule has 0 bridgehead atoms. The van der Waals surface area contributed by atoms with Crippen LogP contribution in [0.25, 0.3) is 0 Å². The van der Waals surface area contributed by atoms with Gasteiger partial charge in [-0.1, -0.05) is 0 Å². The standard InChI is InChI=1S/C15H20FNO4/c16-11-2-4-12(5-3-11)21-9-1-7-17-8-6-14(18)13(10-17)15(19)20/h2-5,13-14,18H,1,6-10H2,(H,19,20)/t13-,14-/m1/s1. The Balaban J connectivity index is 1.69. The third kappa shape index (κ3) is 4.68. The number of hydrogen-bond donors (Lipinski definition) is 2. The van der Waals surface area contributed by atoms with Gasteiger partial charge >= 0.3 is 5.97 Å². The number of hydrogen-bond acceptors (Lipinski definition) is 4. The number of likely N-dealkylation sites (tertiary alicyclic amines) is 1. The molecule has 1 heterocycles. The molecule has 21 heavy (non-hydrogen) atoms. The summed E-state index contributed by atoms with van der Waals surface area (Å²) in [6.45, 7) is 2.27. The van der Waals surface area contributed by atoms with Crippen molar-refractivity contribution in [3.05, 3.63) is 30.1 Å². The smallest absolute Gasteiger partial charge is 0.310 e. The number of rotatable bonds is 6. The van der Waals surface area contributed by atoms with Crippen molar-refractivity contribution in [1.82, 2.24) is 4.90 Å². The van der Waals surface area contributed by atoms with Crippen molar-refractivity contribution in [3.63, 3.8) is 0 Å². The zero-order valence-electron chi connectivity index (χ0n) is 11.7. The van der Waals surface area contributed by atoms with Gasteiger partial charge in [0.25, 0.3) is 0 Å². The maximum Gasteiger partial charge on any atom is 0.310 e. The van der Waals surface area contributed by atoms with E-state index in [1.807, 2.05) is 4.90 Å². The molecule has 0 saturated carbocycles.